The van der Waals surface area contributed by atoms with E-state index < -0.39 is 0 Å². The SMILES string of the molecule is O=C(CN1CCN(Cc2ccccc2F)CC1)NC1c2cn[nH]c2-c2sccc21. The fraction of sp³-hybridized carbons (Fsp3) is 0.333. The van der Waals surface area contributed by atoms with Crippen LogP contribution in [0, 0.1) is 5.82 Å². The maximum Gasteiger partial charge on any atom is 0.234 e. The number of nitrogens with zero attached hydrogens (tertiary/aromatic N) is 3. The van der Waals surface area contributed by atoms with Crippen molar-refractivity contribution in [3.63, 3.8) is 0 Å². The molecule has 1 amide bonds. The van der Waals surface area contributed by atoms with Crippen LogP contribution in [0.3, 0.4) is 0 Å². The minimum Gasteiger partial charge on any atom is -0.344 e. The zero-order chi connectivity index (χ0) is 19.8. The van der Waals surface area contributed by atoms with Gasteiger partial charge in [-0.1, -0.05) is 18.2 Å². The van der Waals surface area contributed by atoms with Crippen molar-refractivity contribution in [3.05, 3.63) is 64.4 Å². The van der Waals surface area contributed by atoms with Gasteiger partial charge < -0.3 is 5.32 Å². The Balaban J connectivity index is 1.15. The number of H-pyrrole nitrogens is 1. The van der Waals surface area contributed by atoms with E-state index in [0.717, 1.165) is 53.4 Å². The molecule has 1 fully saturated rings. The molecule has 2 aliphatic rings. The molecule has 1 saturated heterocycles. The van der Waals surface area contributed by atoms with Gasteiger partial charge in [0.15, 0.2) is 0 Å². The van der Waals surface area contributed by atoms with E-state index in [-0.39, 0.29) is 17.8 Å². The van der Waals surface area contributed by atoms with Crippen LogP contribution in [0.15, 0.2) is 41.9 Å². The molecule has 6 nitrogen and oxygen atoms in total. The van der Waals surface area contributed by atoms with Crippen molar-refractivity contribution in [1.82, 2.24) is 25.3 Å². The summed E-state index contributed by atoms with van der Waals surface area (Å²) in [6.07, 6.45) is 1.80. The Labute approximate surface area is 172 Å². The second-order valence-corrected chi connectivity index (χ2v) is 8.47. The molecule has 29 heavy (non-hydrogen) atoms. The van der Waals surface area contributed by atoms with Crippen molar-refractivity contribution in [2.45, 2.75) is 12.6 Å². The second kappa shape index (κ2) is 7.70. The quantitative estimate of drug-likeness (QED) is 0.678. The van der Waals surface area contributed by atoms with Crippen molar-refractivity contribution in [3.8, 4) is 10.6 Å². The highest BCUT2D eigenvalue weighted by Crippen LogP contribution is 2.45. The van der Waals surface area contributed by atoms with Crippen molar-refractivity contribution in [2.75, 3.05) is 32.7 Å². The predicted molar refractivity (Wildman–Crippen MR) is 110 cm³/mol. The summed E-state index contributed by atoms with van der Waals surface area (Å²) in [6, 6.07) is 8.86. The van der Waals surface area contributed by atoms with Crippen LogP contribution >= 0.6 is 11.3 Å². The van der Waals surface area contributed by atoms with Crippen molar-refractivity contribution < 1.29 is 9.18 Å². The number of amides is 1. The van der Waals surface area contributed by atoms with E-state index in [4.69, 9.17) is 0 Å². The fourth-order valence-corrected chi connectivity index (χ4v) is 5.11. The van der Waals surface area contributed by atoms with Crippen LogP contribution in [-0.4, -0.2) is 58.6 Å². The highest BCUT2D eigenvalue weighted by Gasteiger charge is 2.33. The minimum absolute atomic E-state index is 0.0174. The van der Waals surface area contributed by atoms with Crippen LogP contribution in [0.25, 0.3) is 10.6 Å². The smallest absolute Gasteiger partial charge is 0.234 e. The zero-order valence-electron chi connectivity index (χ0n) is 15.9. The molecule has 2 N–H and O–H groups in total. The maximum absolute atomic E-state index is 13.9. The Morgan fingerprint density at radius 3 is 2.79 bits per heavy atom. The van der Waals surface area contributed by atoms with E-state index >= 15 is 0 Å². The van der Waals surface area contributed by atoms with Gasteiger partial charge in [-0.2, -0.15) is 5.10 Å². The number of benzene rings is 1. The predicted octanol–water partition coefficient (Wildman–Crippen LogP) is 2.61. The third kappa shape index (κ3) is 3.59. The first-order chi connectivity index (χ1) is 14.2. The summed E-state index contributed by atoms with van der Waals surface area (Å²) in [4.78, 5) is 18.3. The van der Waals surface area contributed by atoms with E-state index in [1.54, 1.807) is 23.6 Å². The lowest BCUT2D eigenvalue weighted by Crippen LogP contribution is -2.49. The summed E-state index contributed by atoms with van der Waals surface area (Å²) in [5, 5.41) is 12.4. The number of hydrogen-bond acceptors (Lipinski definition) is 5. The molecule has 1 aliphatic heterocycles. The first-order valence-electron chi connectivity index (χ1n) is 9.77. The Morgan fingerprint density at radius 1 is 1.17 bits per heavy atom. The molecule has 0 spiro atoms. The molecule has 0 saturated carbocycles. The van der Waals surface area contributed by atoms with Gasteiger partial charge in [-0.15, -0.1) is 11.3 Å². The molecule has 8 heteroatoms. The normalized spacial score (nSPS) is 19.1. The summed E-state index contributed by atoms with van der Waals surface area (Å²) >= 11 is 1.66. The van der Waals surface area contributed by atoms with Gasteiger partial charge in [-0.3, -0.25) is 19.7 Å². The van der Waals surface area contributed by atoms with E-state index in [2.05, 4.69) is 31.4 Å². The fourth-order valence-electron chi connectivity index (χ4n) is 4.15. The van der Waals surface area contributed by atoms with Crippen molar-refractivity contribution >= 4 is 17.2 Å². The topological polar surface area (TPSA) is 64.3 Å². The van der Waals surface area contributed by atoms with Gasteiger partial charge in [0.25, 0.3) is 0 Å². The molecule has 3 heterocycles. The zero-order valence-corrected chi connectivity index (χ0v) is 16.7. The van der Waals surface area contributed by atoms with Crippen LogP contribution in [0.4, 0.5) is 4.39 Å². The first kappa shape index (κ1) is 18.5. The van der Waals surface area contributed by atoms with Gasteiger partial charge in [0.2, 0.25) is 5.91 Å². The summed E-state index contributed by atoms with van der Waals surface area (Å²) < 4.78 is 13.9. The lowest BCUT2D eigenvalue weighted by atomic mass is 10.1. The highest BCUT2D eigenvalue weighted by molar-refractivity contribution is 7.13. The summed E-state index contributed by atoms with van der Waals surface area (Å²) in [7, 11) is 0. The average Bonchev–Trinajstić information content (AvgIpc) is 3.42. The van der Waals surface area contributed by atoms with Gasteiger partial charge >= 0.3 is 0 Å². The Kier molecular flexibility index (Phi) is 4.91. The van der Waals surface area contributed by atoms with E-state index in [9.17, 15) is 9.18 Å². The summed E-state index contributed by atoms with van der Waals surface area (Å²) in [5.74, 6) is -0.138. The standard InChI is InChI=1S/C21H22FN5OS/c22-17-4-2-1-3-14(17)12-26-6-8-27(9-7-26)13-18(28)24-19-15-5-10-29-21(15)20-16(19)11-23-25-20/h1-5,10-11,19H,6-9,12-13H2,(H,23,25)(H,24,28). The van der Waals surface area contributed by atoms with Crippen molar-refractivity contribution in [2.24, 2.45) is 0 Å². The number of fused-ring (bicyclic) bond motifs is 3. The average molecular weight is 412 g/mol. The van der Waals surface area contributed by atoms with Gasteiger partial charge in [0, 0.05) is 43.9 Å². The molecule has 3 aromatic rings. The first-order valence-corrected chi connectivity index (χ1v) is 10.7. The van der Waals surface area contributed by atoms with Crippen LogP contribution < -0.4 is 5.32 Å². The number of carbonyl (C=O) groups is 1. The molecule has 2 aromatic heterocycles. The molecular weight excluding hydrogens is 389 g/mol. The number of aromatic nitrogens is 2. The monoisotopic (exact) mass is 411 g/mol. The molecule has 150 valence electrons. The Morgan fingerprint density at radius 2 is 1.97 bits per heavy atom. The maximum atomic E-state index is 13.9. The van der Waals surface area contributed by atoms with E-state index in [0.29, 0.717) is 13.1 Å². The number of carbonyl (C=O) groups excluding carboxylic acids is 1. The van der Waals surface area contributed by atoms with Crippen LogP contribution in [0.2, 0.25) is 0 Å². The van der Waals surface area contributed by atoms with E-state index in [1.165, 1.54) is 6.07 Å². The number of thiophene rings is 1. The van der Waals surface area contributed by atoms with Crippen LogP contribution in [0.1, 0.15) is 22.7 Å². The van der Waals surface area contributed by atoms with Crippen LogP contribution in [0.5, 0.6) is 0 Å². The molecule has 5 rings (SSSR count). The molecule has 1 aromatic carbocycles. The molecule has 1 aliphatic carbocycles. The minimum atomic E-state index is -0.155. The lowest BCUT2D eigenvalue weighted by Gasteiger charge is -2.34. The third-order valence-electron chi connectivity index (χ3n) is 5.70. The Bertz CT molecular complexity index is 983. The molecule has 1 atom stereocenters. The largest absolute Gasteiger partial charge is 0.344 e. The number of piperazine rings is 1. The summed E-state index contributed by atoms with van der Waals surface area (Å²) in [6.45, 7) is 4.23. The lowest BCUT2D eigenvalue weighted by molar-refractivity contribution is -0.123. The van der Waals surface area contributed by atoms with Gasteiger partial charge in [0.05, 0.1) is 29.4 Å². The van der Waals surface area contributed by atoms with Gasteiger partial charge in [-0.25, -0.2) is 4.39 Å². The number of halogens is 1. The summed E-state index contributed by atoms with van der Waals surface area (Å²) in [5.41, 5.74) is 3.92. The van der Waals surface area contributed by atoms with E-state index in [1.807, 2.05) is 17.5 Å². The molecule has 0 radical (unpaired) electrons. The number of aromatic amines is 1. The molecule has 1 unspecified atom stereocenters. The highest BCUT2D eigenvalue weighted by atomic mass is 32.1. The molecular formula is C21H22FN5OS. The van der Waals surface area contributed by atoms with Gasteiger partial charge in [0.1, 0.15) is 5.82 Å². The number of hydrogen-bond donors (Lipinski definition) is 2. The molecule has 0 bridgehead atoms. The third-order valence-corrected chi connectivity index (χ3v) is 6.65. The van der Waals surface area contributed by atoms with Crippen LogP contribution in [-0.2, 0) is 11.3 Å². The van der Waals surface area contributed by atoms with Gasteiger partial charge in [-0.05, 0) is 23.1 Å². The number of rotatable bonds is 5. The van der Waals surface area contributed by atoms with Crippen molar-refractivity contribution in [1.29, 1.82) is 0 Å². The number of nitrogens with one attached hydrogen (secondary N) is 2. The second-order valence-electron chi connectivity index (χ2n) is 7.55. The Hall–Kier alpha value is -2.55.